The van der Waals surface area contributed by atoms with E-state index in [4.69, 9.17) is 4.98 Å². The van der Waals surface area contributed by atoms with Gasteiger partial charge in [0.25, 0.3) is 0 Å². The first kappa shape index (κ1) is 18.9. The number of nitrogens with one attached hydrogen (secondary N) is 1. The van der Waals surface area contributed by atoms with E-state index in [1.807, 2.05) is 36.1 Å². The predicted molar refractivity (Wildman–Crippen MR) is 113 cm³/mol. The number of H-pyrrole nitrogens is 1. The van der Waals surface area contributed by atoms with Crippen molar-refractivity contribution in [2.24, 2.45) is 7.05 Å². The summed E-state index contributed by atoms with van der Waals surface area (Å²) in [5, 5.41) is 0. The van der Waals surface area contributed by atoms with Gasteiger partial charge in [-0.1, -0.05) is 12.1 Å². The van der Waals surface area contributed by atoms with Crippen LogP contribution in [0, 0.1) is 5.82 Å². The van der Waals surface area contributed by atoms with Gasteiger partial charge in [-0.05, 0) is 43.0 Å². The Labute approximate surface area is 174 Å². The zero-order valence-electron chi connectivity index (χ0n) is 17.1. The lowest BCUT2D eigenvalue weighted by atomic mass is 9.90. The molecule has 154 valence electrons. The summed E-state index contributed by atoms with van der Waals surface area (Å²) in [5.41, 5.74) is 4.86. The number of pyridine rings is 1. The van der Waals surface area contributed by atoms with Crippen LogP contribution in [0.3, 0.4) is 0 Å². The number of imidazole rings is 2. The van der Waals surface area contributed by atoms with Crippen LogP contribution in [-0.2, 0) is 26.4 Å². The Bertz CT molecular complexity index is 1150. The maximum atomic E-state index is 14.3. The van der Waals surface area contributed by atoms with Crippen LogP contribution in [0.4, 0.5) is 4.39 Å². The highest BCUT2D eigenvalue weighted by atomic mass is 19.1. The molecule has 1 aliphatic carbocycles. The second-order valence-electron chi connectivity index (χ2n) is 7.95. The van der Waals surface area contributed by atoms with Crippen molar-refractivity contribution in [2.45, 2.75) is 38.3 Å². The van der Waals surface area contributed by atoms with E-state index in [2.05, 4.69) is 25.9 Å². The fourth-order valence-corrected chi connectivity index (χ4v) is 4.52. The lowest BCUT2D eigenvalue weighted by Gasteiger charge is -2.34. The van der Waals surface area contributed by atoms with Crippen LogP contribution >= 0.6 is 0 Å². The first-order valence-electron chi connectivity index (χ1n) is 10.5. The van der Waals surface area contributed by atoms with E-state index >= 15 is 0 Å². The van der Waals surface area contributed by atoms with Gasteiger partial charge in [0.05, 0.1) is 30.1 Å². The maximum Gasteiger partial charge on any atom is 0.151 e. The van der Waals surface area contributed by atoms with E-state index in [1.54, 1.807) is 12.4 Å². The second kappa shape index (κ2) is 7.99. The third kappa shape index (κ3) is 3.50. The van der Waals surface area contributed by atoms with Gasteiger partial charge in [-0.2, -0.15) is 0 Å². The zero-order valence-corrected chi connectivity index (χ0v) is 17.1. The van der Waals surface area contributed by atoms with E-state index < -0.39 is 0 Å². The minimum absolute atomic E-state index is 0.225. The van der Waals surface area contributed by atoms with Gasteiger partial charge in [0.1, 0.15) is 11.3 Å². The van der Waals surface area contributed by atoms with Gasteiger partial charge < -0.3 is 9.55 Å². The van der Waals surface area contributed by atoms with Gasteiger partial charge in [0.2, 0.25) is 0 Å². The summed E-state index contributed by atoms with van der Waals surface area (Å²) in [5.74, 6) is 0.589. The Morgan fingerprint density at radius 2 is 2.20 bits per heavy atom. The number of aromatic amines is 1. The highest BCUT2D eigenvalue weighted by Gasteiger charge is 2.28. The smallest absolute Gasteiger partial charge is 0.151 e. The Kier molecular flexibility index (Phi) is 5.04. The number of halogens is 1. The summed E-state index contributed by atoms with van der Waals surface area (Å²) in [6.07, 6.45) is 9.60. The van der Waals surface area contributed by atoms with Gasteiger partial charge >= 0.3 is 0 Å². The number of para-hydroxylation sites is 1. The molecule has 1 aliphatic rings. The number of fused-ring (bicyclic) bond motifs is 2. The molecule has 0 spiro atoms. The fraction of sp³-hybridized carbons (Fsp3) is 0.348. The third-order valence-corrected chi connectivity index (χ3v) is 6.13. The molecular weight excluding hydrogens is 379 g/mol. The van der Waals surface area contributed by atoms with Crippen molar-refractivity contribution in [1.29, 1.82) is 0 Å². The van der Waals surface area contributed by atoms with E-state index in [0.717, 1.165) is 49.3 Å². The second-order valence-corrected chi connectivity index (χ2v) is 7.95. The van der Waals surface area contributed by atoms with Gasteiger partial charge in [-0.3, -0.25) is 9.88 Å². The molecule has 3 aromatic heterocycles. The predicted octanol–water partition coefficient (Wildman–Crippen LogP) is 3.95. The molecule has 0 bridgehead atoms. The first-order valence-corrected chi connectivity index (χ1v) is 10.5. The number of hydrogen-bond donors (Lipinski definition) is 1. The summed E-state index contributed by atoms with van der Waals surface area (Å²) in [4.78, 5) is 19.2. The largest absolute Gasteiger partial charge is 0.348 e. The average Bonchev–Trinajstić information content (AvgIpc) is 3.40. The first-order chi connectivity index (χ1) is 14.7. The maximum absolute atomic E-state index is 14.3. The average molecular weight is 404 g/mol. The van der Waals surface area contributed by atoms with Crippen LogP contribution in [0.2, 0.25) is 0 Å². The summed E-state index contributed by atoms with van der Waals surface area (Å²) in [6.45, 7) is 1.48. The molecule has 5 rings (SSSR count). The molecule has 7 heteroatoms. The zero-order chi connectivity index (χ0) is 20.5. The van der Waals surface area contributed by atoms with Crippen molar-refractivity contribution in [1.82, 2.24) is 29.4 Å². The van der Waals surface area contributed by atoms with Gasteiger partial charge in [-0.15, -0.1) is 0 Å². The summed E-state index contributed by atoms with van der Waals surface area (Å²) < 4.78 is 16.3. The Hall–Kier alpha value is -3.06. The number of hydrogen-bond acceptors (Lipinski definition) is 4. The number of aromatic nitrogens is 5. The lowest BCUT2D eigenvalue weighted by molar-refractivity contribution is 0.162. The van der Waals surface area contributed by atoms with Crippen LogP contribution in [0.1, 0.15) is 41.7 Å². The van der Waals surface area contributed by atoms with E-state index in [0.29, 0.717) is 12.1 Å². The molecular formula is C23H25FN6. The molecule has 4 aromatic rings. The van der Waals surface area contributed by atoms with Gasteiger partial charge in [0.15, 0.2) is 5.82 Å². The number of aryl methyl sites for hydroxylation is 2. The minimum Gasteiger partial charge on any atom is -0.348 e. The molecule has 0 saturated heterocycles. The van der Waals surface area contributed by atoms with Crippen LogP contribution in [0.5, 0.6) is 0 Å². The van der Waals surface area contributed by atoms with Crippen LogP contribution in [0.25, 0.3) is 11.0 Å². The number of nitrogens with zero attached hydrogens (tertiary/aromatic N) is 5. The molecule has 6 nitrogen and oxygen atoms in total. The molecule has 1 aromatic carbocycles. The Morgan fingerprint density at radius 1 is 1.27 bits per heavy atom. The molecule has 3 heterocycles. The standard InChI is InChI=1S/C23H25FN6/c1-29-19-8-3-7-18(24)23(19)28-21(29)14-30(12-10-17-13-25-15-27-17)20-9-2-5-16-6-4-11-26-22(16)20/h3-4,6-8,11,13,15,20H,2,5,9-10,12,14H2,1H3,(H,25,27)/t20-/m0/s1. The van der Waals surface area contributed by atoms with E-state index in [-0.39, 0.29) is 11.9 Å². The summed E-state index contributed by atoms with van der Waals surface area (Å²) >= 11 is 0. The highest BCUT2D eigenvalue weighted by molar-refractivity contribution is 5.76. The molecule has 0 fully saturated rings. The van der Waals surface area contributed by atoms with Crippen molar-refractivity contribution in [3.63, 3.8) is 0 Å². The van der Waals surface area contributed by atoms with E-state index in [1.165, 1.54) is 17.3 Å². The topological polar surface area (TPSA) is 62.6 Å². The SMILES string of the molecule is Cn1c(CN(CCc2cnc[nH]2)[C@H]2CCCc3cccnc32)nc2c(F)cccc21. The normalized spacial score (nSPS) is 16.3. The quantitative estimate of drug-likeness (QED) is 0.529. The summed E-state index contributed by atoms with van der Waals surface area (Å²) in [6, 6.07) is 9.55. The molecule has 1 N–H and O–H groups in total. The third-order valence-electron chi connectivity index (χ3n) is 6.13. The molecule has 30 heavy (non-hydrogen) atoms. The van der Waals surface area contributed by atoms with Crippen LogP contribution < -0.4 is 0 Å². The Morgan fingerprint density at radius 3 is 3.03 bits per heavy atom. The molecule has 0 aliphatic heterocycles. The van der Waals surface area contributed by atoms with Crippen molar-refractivity contribution in [2.75, 3.05) is 6.54 Å². The van der Waals surface area contributed by atoms with Crippen molar-refractivity contribution < 1.29 is 4.39 Å². The van der Waals surface area contributed by atoms with Crippen molar-refractivity contribution >= 4 is 11.0 Å². The van der Waals surface area contributed by atoms with Crippen molar-refractivity contribution in [3.05, 3.63) is 77.6 Å². The van der Waals surface area contributed by atoms with E-state index in [9.17, 15) is 4.39 Å². The molecule has 1 atom stereocenters. The van der Waals surface area contributed by atoms with Crippen LogP contribution in [0.15, 0.2) is 49.1 Å². The Balaban J connectivity index is 1.49. The molecule has 0 saturated carbocycles. The number of benzene rings is 1. The monoisotopic (exact) mass is 404 g/mol. The van der Waals surface area contributed by atoms with Crippen molar-refractivity contribution in [3.8, 4) is 0 Å². The minimum atomic E-state index is -0.275. The van der Waals surface area contributed by atoms with Gasteiger partial charge in [0, 0.05) is 38.1 Å². The summed E-state index contributed by atoms with van der Waals surface area (Å²) in [7, 11) is 1.96. The molecule has 0 unspecified atom stereocenters. The van der Waals surface area contributed by atoms with Gasteiger partial charge in [-0.25, -0.2) is 14.4 Å². The molecule has 0 radical (unpaired) electrons. The molecule has 0 amide bonds. The number of rotatable bonds is 6. The van der Waals surface area contributed by atoms with Crippen LogP contribution in [-0.4, -0.2) is 35.9 Å². The lowest BCUT2D eigenvalue weighted by Crippen LogP contribution is -2.34. The fourth-order valence-electron chi connectivity index (χ4n) is 4.52. The highest BCUT2D eigenvalue weighted by Crippen LogP contribution is 2.34.